The Balaban J connectivity index is 0.00000169. The summed E-state index contributed by atoms with van der Waals surface area (Å²) >= 11 is 1.37. The molecule has 0 aliphatic carbocycles. The van der Waals surface area contributed by atoms with Gasteiger partial charge in [-0.25, -0.2) is 0 Å². The number of aromatic nitrogens is 2. The quantitative estimate of drug-likeness (QED) is 0.814. The molecular formula is C7H13ClN4OS. The summed E-state index contributed by atoms with van der Waals surface area (Å²) < 4.78 is 0. The van der Waals surface area contributed by atoms with Gasteiger partial charge in [0, 0.05) is 0 Å². The molecule has 0 bridgehead atoms. The van der Waals surface area contributed by atoms with Crippen LogP contribution in [0.1, 0.15) is 18.9 Å². The van der Waals surface area contributed by atoms with Crippen molar-refractivity contribution in [1.82, 2.24) is 10.2 Å². The van der Waals surface area contributed by atoms with Crippen molar-refractivity contribution in [2.75, 3.05) is 5.32 Å². The first-order valence-electron chi connectivity index (χ1n) is 4.02. The van der Waals surface area contributed by atoms with Crippen molar-refractivity contribution in [2.24, 2.45) is 5.73 Å². The number of halogens is 1. The Kier molecular flexibility index (Phi) is 5.59. The van der Waals surface area contributed by atoms with Gasteiger partial charge in [-0.2, -0.15) is 0 Å². The monoisotopic (exact) mass is 236 g/mol. The van der Waals surface area contributed by atoms with Crippen molar-refractivity contribution >= 4 is 34.8 Å². The van der Waals surface area contributed by atoms with Gasteiger partial charge in [-0.15, -0.1) is 22.6 Å². The largest absolute Gasteiger partial charge is 0.320 e. The maximum atomic E-state index is 11.1. The van der Waals surface area contributed by atoms with Crippen LogP contribution in [0.25, 0.3) is 0 Å². The second kappa shape index (κ2) is 5.90. The summed E-state index contributed by atoms with van der Waals surface area (Å²) in [5.41, 5.74) is 5.37. The Morgan fingerprint density at radius 3 is 2.71 bits per heavy atom. The minimum Gasteiger partial charge on any atom is -0.320 e. The van der Waals surface area contributed by atoms with Crippen LogP contribution in [0.2, 0.25) is 0 Å². The van der Waals surface area contributed by atoms with Gasteiger partial charge in [0.1, 0.15) is 5.01 Å². The van der Waals surface area contributed by atoms with E-state index in [9.17, 15) is 4.79 Å². The molecule has 0 aromatic carbocycles. The number of nitrogens with one attached hydrogen (secondary N) is 1. The fourth-order valence-electron chi connectivity index (χ4n) is 0.666. The molecule has 5 nitrogen and oxygen atoms in total. The van der Waals surface area contributed by atoms with Gasteiger partial charge in [-0.3, -0.25) is 10.1 Å². The highest BCUT2D eigenvalue weighted by molar-refractivity contribution is 7.15. The first kappa shape index (κ1) is 13.3. The number of carbonyl (C=O) groups excluding carboxylic acids is 1. The molecule has 1 aromatic heterocycles. The Bertz CT molecular complexity index is 302. The van der Waals surface area contributed by atoms with Crippen molar-refractivity contribution in [3.8, 4) is 0 Å². The summed E-state index contributed by atoms with van der Waals surface area (Å²) in [6, 6.07) is -0.519. The predicted molar refractivity (Wildman–Crippen MR) is 58.8 cm³/mol. The molecule has 0 radical (unpaired) electrons. The maximum absolute atomic E-state index is 11.1. The van der Waals surface area contributed by atoms with Crippen LogP contribution >= 0.6 is 23.7 Å². The highest BCUT2D eigenvalue weighted by Crippen LogP contribution is 2.15. The van der Waals surface area contributed by atoms with Crippen LogP contribution in [0.15, 0.2) is 0 Å². The summed E-state index contributed by atoms with van der Waals surface area (Å²) in [5.74, 6) is -0.237. The number of nitrogens with zero attached hydrogens (tertiary/aromatic N) is 2. The van der Waals surface area contributed by atoms with Crippen LogP contribution in [0.5, 0.6) is 0 Å². The normalized spacial score (nSPS) is 11.6. The lowest BCUT2D eigenvalue weighted by atomic mass is 10.3. The van der Waals surface area contributed by atoms with Crippen molar-refractivity contribution in [3.63, 3.8) is 0 Å². The van der Waals surface area contributed by atoms with Crippen LogP contribution in [0, 0.1) is 0 Å². The number of aryl methyl sites for hydroxylation is 1. The highest BCUT2D eigenvalue weighted by atomic mass is 35.5. The SMILES string of the molecule is CCc1nnc(NC(=O)[C@@H](C)N)s1.Cl. The number of nitrogens with two attached hydrogens (primary N) is 1. The van der Waals surface area contributed by atoms with E-state index in [4.69, 9.17) is 5.73 Å². The molecule has 1 heterocycles. The first-order chi connectivity index (χ1) is 6.13. The van der Waals surface area contributed by atoms with Gasteiger partial charge in [0.25, 0.3) is 0 Å². The summed E-state index contributed by atoms with van der Waals surface area (Å²) in [7, 11) is 0. The number of hydrogen-bond acceptors (Lipinski definition) is 5. The lowest BCUT2D eigenvalue weighted by Gasteiger charge is -2.02. The first-order valence-corrected chi connectivity index (χ1v) is 4.84. The molecule has 14 heavy (non-hydrogen) atoms. The van der Waals surface area contributed by atoms with Crippen LogP contribution in [0.3, 0.4) is 0 Å². The van der Waals surface area contributed by atoms with Gasteiger partial charge in [-0.1, -0.05) is 18.3 Å². The van der Waals surface area contributed by atoms with E-state index in [1.165, 1.54) is 11.3 Å². The zero-order chi connectivity index (χ0) is 9.84. The van der Waals surface area contributed by atoms with Crippen molar-refractivity contribution in [3.05, 3.63) is 5.01 Å². The summed E-state index contributed by atoms with van der Waals surface area (Å²) in [4.78, 5) is 11.1. The third-order valence-electron chi connectivity index (χ3n) is 1.41. The molecular weight excluding hydrogens is 224 g/mol. The van der Waals surface area contributed by atoms with Gasteiger partial charge in [0.15, 0.2) is 0 Å². The smallest absolute Gasteiger partial charge is 0.242 e. The Hall–Kier alpha value is -0.720. The zero-order valence-electron chi connectivity index (χ0n) is 7.98. The number of hydrogen-bond donors (Lipinski definition) is 2. The van der Waals surface area contributed by atoms with E-state index in [-0.39, 0.29) is 18.3 Å². The van der Waals surface area contributed by atoms with Crippen LogP contribution in [-0.4, -0.2) is 22.1 Å². The Morgan fingerprint density at radius 2 is 2.29 bits per heavy atom. The molecule has 7 heteroatoms. The lowest BCUT2D eigenvalue weighted by molar-refractivity contribution is -0.117. The van der Waals surface area contributed by atoms with Crippen molar-refractivity contribution in [1.29, 1.82) is 0 Å². The second-order valence-corrected chi connectivity index (χ2v) is 3.69. The number of anilines is 1. The third kappa shape index (κ3) is 3.57. The number of amides is 1. The summed E-state index contributed by atoms with van der Waals surface area (Å²) in [6.45, 7) is 3.61. The average Bonchev–Trinajstić information content (AvgIpc) is 2.52. The molecule has 0 saturated carbocycles. The summed E-state index contributed by atoms with van der Waals surface area (Å²) in [6.07, 6.45) is 0.825. The third-order valence-corrected chi connectivity index (χ3v) is 2.40. The predicted octanol–water partition coefficient (Wildman–Crippen LogP) is 0.808. The standard InChI is InChI=1S/C7H12N4OS.ClH/c1-3-5-10-11-7(13-5)9-6(12)4(2)8;/h4H,3,8H2,1-2H3,(H,9,11,12);1H/t4-;/m1./s1. The van der Waals surface area contributed by atoms with E-state index >= 15 is 0 Å². The number of carbonyl (C=O) groups is 1. The molecule has 1 atom stereocenters. The molecule has 3 N–H and O–H groups in total. The van der Waals surface area contributed by atoms with Gasteiger partial charge in [-0.05, 0) is 13.3 Å². The highest BCUT2D eigenvalue weighted by Gasteiger charge is 2.10. The van der Waals surface area contributed by atoms with Crippen molar-refractivity contribution < 1.29 is 4.79 Å². The van der Waals surface area contributed by atoms with Crippen LogP contribution in [-0.2, 0) is 11.2 Å². The molecule has 0 saturated heterocycles. The molecule has 0 spiro atoms. The Labute approximate surface area is 92.5 Å². The van der Waals surface area contributed by atoms with Crippen LogP contribution < -0.4 is 11.1 Å². The van der Waals surface area contributed by atoms with Gasteiger partial charge in [0.2, 0.25) is 11.0 Å². The van der Waals surface area contributed by atoms with Gasteiger partial charge < -0.3 is 5.73 Å². The van der Waals surface area contributed by atoms with Crippen molar-refractivity contribution in [2.45, 2.75) is 26.3 Å². The minimum atomic E-state index is -0.519. The molecule has 0 unspecified atom stereocenters. The molecule has 1 rings (SSSR count). The molecule has 1 aromatic rings. The molecule has 0 aliphatic heterocycles. The summed E-state index contributed by atoms with van der Waals surface area (Å²) in [5, 5.41) is 11.6. The fourth-order valence-corrected chi connectivity index (χ4v) is 1.35. The lowest BCUT2D eigenvalue weighted by Crippen LogP contribution is -2.32. The Morgan fingerprint density at radius 1 is 1.64 bits per heavy atom. The van der Waals surface area contributed by atoms with E-state index in [1.54, 1.807) is 6.92 Å². The van der Waals surface area contributed by atoms with Gasteiger partial charge >= 0.3 is 0 Å². The van der Waals surface area contributed by atoms with E-state index in [1.807, 2.05) is 6.92 Å². The second-order valence-electron chi connectivity index (χ2n) is 2.63. The topological polar surface area (TPSA) is 80.9 Å². The van der Waals surface area contributed by atoms with E-state index < -0.39 is 6.04 Å². The van der Waals surface area contributed by atoms with E-state index in [2.05, 4.69) is 15.5 Å². The molecule has 1 amide bonds. The van der Waals surface area contributed by atoms with Crippen LogP contribution in [0.4, 0.5) is 5.13 Å². The molecule has 0 fully saturated rings. The number of rotatable bonds is 3. The minimum absolute atomic E-state index is 0. The van der Waals surface area contributed by atoms with E-state index in [0.29, 0.717) is 5.13 Å². The van der Waals surface area contributed by atoms with Gasteiger partial charge in [0.05, 0.1) is 6.04 Å². The molecule has 0 aliphatic rings. The maximum Gasteiger partial charge on any atom is 0.242 e. The van der Waals surface area contributed by atoms with E-state index in [0.717, 1.165) is 11.4 Å². The fraction of sp³-hybridized carbons (Fsp3) is 0.571. The molecule has 80 valence electrons. The zero-order valence-corrected chi connectivity index (χ0v) is 9.61. The average molecular weight is 237 g/mol.